The van der Waals surface area contributed by atoms with Crippen LogP contribution in [0.5, 0.6) is 0 Å². The summed E-state index contributed by atoms with van der Waals surface area (Å²) >= 11 is 0. The van der Waals surface area contributed by atoms with Crippen LogP contribution in [0.2, 0.25) is 0 Å². The van der Waals surface area contributed by atoms with Crippen LogP contribution in [-0.4, -0.2) is 42.8 Å². The molecule has 1 saturated carbocycles. The number of nitrogens with one attached hydrogen (secondary N) is 1. The Balaban J connectivity index is 1.69. The summed E-state index contributed by atoms with van der Waals surface area (Å²) in [7, 11) is 0. The van der Waals surface area contributed by atoms with Crippen molar-refractivity contribution in [3.8, 4) is 0 Å². The van der Waals surface area contributed by atoms with E-state index >= 15 is 0 Å². The SMILES string of the molecule is CCOC1CCN(C(=O)NC2CC2)CC1. The molecule has 2 fully saturated rings. The van der Waals surface area contributed by atoms with Gasteiger partial charge in [0.05, 0.1) is 6.10 Å². The van der Waals surface area contributed by atoms with Gasteiger partial charge in [0.1, 0.15) is 0 Å². The number of urea groups is 1. The fourth-order valence-corrected chi connectivity index (χ4v) is 1.95. The van der Waals surface area contributed by atoms with Crippen LogP contribution in [0.15, 0.2) is 0 Å². The summed E-state index contributed by atoms with van der Waals surface area (Å²) in [5.74, 6) is 0. The van der Waals surface area contributed by atoms with E-state index in [-0.39, 0.29) is 6.03 Å². The average molecular weight is 212 g/mol. The van der Waals surface area contributed by atoms with Crippen molar-refractivity contribution in [2.75, 3.05) is 19.7 Å². The van der Waals surface area contributed by atoms with Crippen molar-refractivity contribution in [2.24, 2.45) is 0 Å². The molecule has 1 N–H and O–H groups in total. The third-order valence-corrected chi connectivity index (χ3v) is 3.04. The third-order valence-electron chi connectivity index (χ3n) is 3.04. The highest BCUT2D eigenvalue weighted by molar-refractivity contribution is 5.74. The Morgan fingerprint density at radius 1 is 1.33 bits per heavy atom. The number of carbonyl (C=O) groups excluding carboxylic acids is 1. The standard InChI is InChI=1S/C11H20N2O2/c1-2-15-10-5-7-13(8-6-10)11(14)12-9-3-4-9/h9-10H,2-8H2,1H3,(H,12,14). The Morgan fingerprint density at radius 2 is 2.00 bits per heavy atom. The first-order chi connectivity index (χ1) is 7.29. The highest BCUT2D eigenvalue weighted by Gasteiger charge is 2.28. The minimum absolute atomic E-state index is 0.118. The fraction of sp³-hybridized carbons (Fsp3) is 0.909. The summed E-state index contributed by atoms with van der Waals surface area (Å²) in [5.41, 5.74) is 0. The first-order valence-corrected chi connectivity index (χ1v) is 5.96. The van der Waals surface area contributed by atoms with E-state index in [4.69, 9.17) is 4.74 Å². The Morgan fingerprint density at radius 3 is 2.53 bits per heavy atom. The highest BCUT2D eigenvalue weighted by atomic mass is 16.5. The molecule has 2 rings (SSSR count). The molecule has 2 amide bonds. The lowest BCUT2D eigenvalue weighted by atomic mass is 10.1. The smallest absolute Gasteiger partial charge is 0.317 e. The quantitative estimate of drug-likeness (QED) is 0.767. The van der Waals surface area contributed by atoms with Crippen molar-refractivity contribution in [1.82, 2.24) is 10.2 Å². The molecule has 0 aromatic rings. The number of ether oxygens (including phenoxy) is 1. The molecule has 0 spiro atoms. The molecule has 4 heteroatoms. The number of amides is 2. The Bertz CT molecular complexity index is 221. The second-order valence-electron chi connectivity index (χ2n) is 4.37. The molecular weight excluding hydrogens is 192 g/mol. The van der Waals surface area contributed by atoms with Gasteiger partial charge in [-0.1, -0.05) is 0 Å². The van der Waals surface area contributed by atoms with Gasteiger partial charge >= 0.3 is 6.03 Å². The van der Waals surface area contributed by atoms with Gasteiger partial charge in [0.15, 0.2) is 0 Å². The number of likely N-dealkylation sites (tertiary alicyclic amines) is 1. The Kier molecular flexibility index (Phi) is 3.46. The minimum atomic E-state index is 0.118. The van der Waals surface area contributed by atoms with E-state index < -0.39 is 0 Å². The lowest BCUT2D eigenvalue weighted by Crippen LogP contribution is -2.46. The van der Waals surface area contributed by atoms with Gasteiger partial charge < -0.3 is 15.0 Å². The zero-order chi connectivity index (χ0) is 10.7. The molecule has 0 unspecified atom stereocenters. The van der Waals surface area contributed by atoms with Gasteiger partial charge in [0.2, 0.25) is 0 Å². The Labute approximate surface area is 91.0 Å². The maximum absolute atomic E-state index is 11.7. The lowest BCUT2D eigenvalue weighted by Gasteiger charge is -2.31. The minimum Gasteiger partial charge on any atom is -0.378 e. The number of piperidine rings is 1. The molecule has 1 aliphatic carbocycles. The van der Waals surface area contributed by atoms with E-state index in [0.717, 1.165) is 45.4 Å². The fourth-order valence-electron chi connectivity index (χ4n) is 1.95. The zero-order valence-electron chi connectivity index (χ0n) is 9.37. The normalized spacial score (nSPS) is 22.9. The highest BCUT2D eigenvalue weighted by Crippen LogP contribution is 2.20. The van der Waals surface area contributed by atoms with Crippen LogP contribution < -0.4 is 5.32 Å². The molecule has 86 valence electrons. The summed E-state index contributed by atoms with van der Waals surface area (Å²) < 4.78 is 5.55. The Hall–Kier alpha value is -0.770. The van der Waals surface area contributed by atoms with Crippen LogP contribution in [0.3, 0.4) is 0 Å². The summed E-state index contributed by atoms with van der Waals surface area (Å²) in [6, 6.07) is 0.578. The van der Waals surface area contributed by atoms with Crippen molar-refractivity contribution in [2.45, 2.75) is 44.8 Å². The average Bonchev–Trinajstić information content (AvgIpc) is 3.03. The molecular formula is C11H20N2O2. The monoisotopic (exact) mass is 212 g/mol. The van der Waals surface area contributed by atoms with Gasteiger partial charge in [-0.05, 0) is 32.6 Å². The molecule has 0 atom stereocenters. The van der Waals surface area contributed by atoms with Crippen molar-refractivity contribution < 1.29 is 9.53 Å². The third kappa shape index (κ3) is 3.09. The topological polar surface area (TPSA) is 41.6 Å². The van der Waals surface area contributed by atoms with Crippen molar-refractivity contribution in [1.29, 1.82) is 0 Å². The van der Waals surface area contributed by atoms with Crippen molar-refractivity contribution in [3.63, 3.8) is 0 Å². The van der Waals surface area contributed by atoms with Crippen molar-refractivity contribution in [3.05, 3.63) is 0 Å². The zero-order valence-corrected chi connectivity index (χ0v) is 9.37. The second-order valence-corrected chi connectivity index (χ2v) is 4.37. The van der Waals surface area contributed by atoms with E-state index in [0.29, 0.717) is 12.1 Å². The predicted molar refractivity (Wildman–Crippen MR) is 57.8 cm³/mol. The van der Waals surface area contributed by atoms with Gasteiger partial charge in [-0.2, -0.15) is 0 Å². The van der Waals surface area contributed by atoms with Gasteiger partial charge in [0.25, 0.3) is 0 Å². The summed E-state index contributed by atoms with van der Waals surface area (Å²) in [5, 5.41) is 3.02. The van der Waals surface area contributed by atoms with Crippen LogP contribution in [0.1, 0.15) is 32.6 Å². The molecule has 0 bridgehead atoms. The summed E-state index contributed by atoms with van der Waals surface area (Å²) in [6.45, 7) is 4.47. The first-order valence-electron chi connectivity index (χ1n) is 5.96. The lowest BCUT2D eigenvalue weighted by molar-refractivity contribution is 0.0220. The number of hydrogen-bond acceptors (Lipinski definition) is 2. The molecule has 0 radical (unpaired) electrons. The molecule has 2 aliphatic rings. The van der Waals surface area contributed by atoms with Crippen LogP contribution >= 0.6 is 0 Å². The van der Waals surface area contributed by atoms with Crippen LogP contribution in [0.25, 0.3) is 0 Å². The maximum atomic E-state index is 11.7. The van der Waals surface area contributed by atoms with E-state index in [9.17, 15) is 4.79 Å². The maximum Gasteiger partial charge on any atom is 0.317 e. The van der Waals surface area contributed by atoms with Crippen molar-refractivity contribution >= 4 is 6.03 Å². The number of rotatable bonds is 3. The molecule has 1 saturated heterocycles. The molecule has 4 nitrogen and oxygen atoms in total. The number of hydrogen-bond donors (Lipinski definition) is 1. The molecule has 1 aliphatic heterocycles. The van der Waals surface area contributed by atoms with Gasteiger partial charge in [-0.25, -0.2) is 4.79 Å². The van der Waals surface area contributed by atoms with E-state index in [1.807, 2.05) is 11.8 Å². The summed E-state index contributed by atoms with van der Waals surface area (Å²) in [4.78, 5) is 13.6. The van der Waals surface area contributed by atoms with Gasteiger partial charge in [0, 0.05) is 25.7 Å². The molecule has 15 heavy (non-hydrogen) atoms. The largest absolute Gasteiger partial charge is 0.378 e. The van der Waals surface area contributed by atoms with Crippen LogP contribution in [0.4, 0.5) is 4.79 Å². The van der Waals surface area contributed by atoms with Gasteiger partial charge in [-0.15, -0.1) is 0 Å². The molecule has 1 heterocycles. The van der Waals surface area contributed by atoms with E-state index in [2.05, 4.69) is 5.32 Å². The number of carbonyl (C=O) groups is 1. The first kappa shape index (κ1) is 10.7. The van der Waals surface area contributed by atoms with E-state index in [1.165, 1.54) is 0 Å². The van der Waals surface area contributed by atoms with E-state index in [1.54, 1.807) is 0 Å². The second kappa shape index (κ2) is 4.84. The van der Waals surface area contributed by atoms with Crippen LogP contribution in [0, 0.1) is 0 Å². The van der Waals surface area contributed by atoms with Crippen LogP contribution in [-0.2, 0) is 4.74 Å². The number of nitrogens with zero attached hydrogens (tertiary/aromatic N) is 1. The predicted octanol–water partition coefficient (Wildman–Crippen LogP) is 1.36. The molecule has 0 aromatic carbocycles. The summed E-state index contributed by atoms with van der Waals surface area (Å²) in [6.07, 6.45) is 4.63. The molecule has 0 aromatic heterocycles. The van der Waals surface area contributed by atoms with Gasteiger partial charge in [-0.3, -0.25) is 0 Å².